The average molecular weight is 110 g/mol. The molecule has 0 aromatic rings. The van der Waals surface area contributed by atoms with Crippen LogP contribution in [-0.4, -0.2) is 0 Å². The van der Waals surface area contributed by atoms with E-state index in [2.05, 4.69) is 0 Å². The molecule has 0 radical (unpaired) electrons. The fraction of sp³-hybridized carbons (Fsp3) is 0.714. The van der Waals surface area contributed by atoms with Crippen LogP contribution in [0.2, 0.25) is 0 Å². The summed E-state index contributed by atoms with van der Waals surface area (Å²) < 4.78 is 5.19. The van der Waals surface area contributed by atoms with E-state index in [1.54, 1.807) is 0 Å². The molecule has 44 valence electrons. The van der Waals surface area contributed by atoms with Gasteiger partial charge in [-0.2, -0.15) is 0 Å². The Morgan fingerprint density at radius 1 is 0.875 bits per heavy atom. The Kier molecular flexibility index (Phi) is 0.833. The van der Waals surface area contributed by atoms with Gasteiger partial charge >= 0.3 is 0 Å². The van der Waals surface area contributed by atoms with E-state index in [0.29, 0.717) is 0 Å². The molecule has 0 N–H and O–H groups in total. The maximum Gasteiger partial charge on any atom is 0.142 e. The number of hydrogen-bond donors (Lipinski definition) is 0. The molecule has 1 aliphatic heterocycles. The molecule has 1 aliphatic carbocycles. The van der Waals surface area contributed by atoms with Crippen molar-refractivity contribution in [3.05, 3.63) is 11.5 Å². The van der Waals surface area contributed by atoms with Crippen LogP contribution in [0.25, 0.3) is 0 Å². The lowest BCUT2D eigenvalue weighted by Crippen LogP contribution is -1.75. The Labute approximate surface area is 49.3 Å². The molecule has 0 unspecified atom stereocenters. The van der Waals surface area contributed by atoms with Crippen molar-refractivity contribution in [2.45, 2.75) is 32.1 Å². The van der Waals surface area contributed by atoms with Crippen molar-refractivity contribution >= 4 is 0 Å². The van der Waals surface area contributed by atoms with Crippen molar-refractivity contribution in [1.82, 2.24) is 0 Å². The van der Waals surface area contributed by atoms with Crippen LogP contribution in [0.1, 0.15) is 32.1 Å². The van der Waals surface area contributed by atoms with E-state index >= 15 is 0 Å². The summed E-state index contributed by atoms with van der Waals surface area (Å²) in [5.74, 6) is 2.62. The lowest BCUT2D eigenvalue weighted by Gasteiger charge is -1.93. The van der Waals surface area contributed by atoms with Gasteiger partial charge in [0.2, 0.25) is 0 Å². The second-order valence-corrected chi connectivity index (χ2v) is 2.51. The molecular formula is C7H10O. The van der Waals surface area contributed by atoms with E-state index in [4.69, 9.17) is 4.74 Å². The first kappa shape index (κ1) is 4.42. The normalized spacial score (nSPS) is 26.0. The molecule has 0 aromatic carbocycles. The van der Waals surface area contributed by atoms with E-state index in [1.807, 2.05) is 0 Å². The molecule has 1 heterocycles. The van der Waals surface area contributed by atoms with Crippen molar-refractivity contribution in [2.24, 2.45) is 0 Å². The van der Waals surface area contributed by atoms with Gasteiger partial charge in [-0.15, -0.1) is 0 Å². The zero-order chi connectivity index (χ0) is 5.40. The van der Waals surface area contributed by atoms with Crippen LogP contribution in [0.4, 0.5) is 0 Å². The first-order valence-corrected chi connectivity index (χ1v) is 3.37. The molecule has 1 nitrogen and oxygen atoms in total. The fourth-order valence-electron chi connectivity index (χ4n) is 1.25. The quantitative estimate of drug-likeness (QED) is 0.465. The predicted octanol–water partition coefficient (Wildman–Crippen LogP) is 2.19. The van der Waals surface area contributed by atoms with Crippen LogP contribution in [0, 0.1) is 0 Å². The Bertz CT molecular complexity index is 121. The van der Waals surface area contributed by atoms with Crippen molar-refractivity contribution in [1.29, 1.82) is 0 Å². The molecule has 0 aromatic heterocycles. The van der Waals surface area contributed by atoms with Crippen LogP contribution in [0.5, 0.6) is 0 Å². The Morgan fingerprint density at radius 2 is 1.50 bits per heavy atom. The SMILES string of the molecule is C1CCC2=C(CC1)O2. The van der Waals surface area contributed by atoms with Gasteiger partial charge in [0.05, 0.1) is 0 Å². The van der Waals surface area contributed by atoms with Crippen LogP contribution in [0.3, 0.4) is 0 Å². The molecule has 1 heteroatoms. The van der Waals surface area contributed by atoms with Crippen molar-refractivity contribution in [3.8, 4) is 0 Å². The summed E-state index contributed by atoms with van der Waals surface area (Å²) in [5.41, 5.74) is 0. The first-order chi connectivity index (χ1) is 3.97. The van der Waals surface area contributed by atoms with Crippen LogP contribution in [-0.2, 0) is 4.74 Å². The molecule has 0 fully saturated rings. The third-order valence-corrected chi connectivity index (χ3v) is 1.82. The Morgan fingerprint density at radius 3 is 2.12 bits per heavy atom. The highest BCUT2D eigenvalue weighted by atomic mass is 16.6. The maximum absolute atomic E-state index is 5.19. The highest BCUT2D eigenvalue weighted by Crippen LogP contribution is 2.37. The number of hydrogen-bond acceptors (Lipinski definition) is 1. The maximum atomic E-state index is 5.19. The second-order valence-electron chi connectivity index (χ2n) is 2.51. The topological polar surface area (TPSA) is 12.5 Å². The Balaban J connectivity index is 2.02. The summed E-state index contributed by atoms with van der Waals surface area (Å²) in [4.78, 5) is 0. The third-order valence-electron chi connectivity index (χ3n) is 1.82. The molecule has 8 heavy (non-hydrogen) atoms. The molecule has 2 rings (SSSR count). The summed E-state index contributed by atoms with van der Waals surface area (Å²) >= 11 is 0. The number of ether oxygens (including phenoxy) is 1. The van der Waals surface area contributed by atoms with E-state index < -0.39 is 0 Å². The van der Waals surface area contributed by atoms with Gasteiger partial charge in [0.1, 0.15) is 11.5 Å². The number of allylic oxidation sites excluding steroid dienone is 2. The molecule has 0 saturated carbocycles. The first-order valence-electron chi connectivity index (χ1n) is 3.37. The smallest absolute Gasteiger partial charge is 0.142 e. The van der Waals surface area contributed by atoms with Gasteiger partial charge in [-0.1, -0.05) is 6.42 Å². The third kappa shape index (κ3) is 0.623. The van der Waals surface area contributed by atoms with Gasteiger partial charge < -0.3 is 4.74 Å². The van der Waals surface area contributed by atoms with Crippen molar-refractivity contribution in [2.75, 3.05) is 0 Å². The molecule has 0 saturated heterocycles. The van der Waals surface area contributed by atoms with Crippen LogP contribution in [0.15, 0.2) is 11.5 Å². The molecule has 0 amide bonds. The lowest BCUT2D eigenvalue weighted by molar-refractivity contribution is 0.414. The summed E-state index contributed by atoms with van der Waals surface area (Å²) in [6, 6.07) is 0. The van der Waals surface area contributed by atoms with Gasteiger partial charge in [-0.05, 0) is 12.8 Å². The largest absolute Gasteiger partial charge is 0.459 e. The minimum absolute atomic E-state index is 1.22. The van der Waals surface area contributed by atoms with E-state index in [0.717, 1.165) is 0 Å². The van der Waals surface area contributed by atoms with E-state index in [1.165, 1.54) is 43.6 Å². The minimum Gasteiger partial charge on any atom is -0.459 e. The molecule has 0 atom stereocenters. The highest BCUT2D eigenvalue weighted by Gasteiger charge is 2.25. The summed E-state index contributed by atoms with van der Waals surface area (Å²) in [5, 5.41) is 0. The van der Waals surface area contributed by atoms with E-state index in [9.17, 15) is 0 Å². The zero-order valence-electron chi connectivity index (χ0n) is 4.94. The fourth-order valence-corrected chi connectivity index (χ4v) is 1.25. The summed E-state index contributed by atoms with van der Waals surface area (Å²) in [6.45, 7) is 0. The van der Waals surface area contributed by atoms with Gasteiger partial charge in [0, 0.05) is 12.8 Å². The number of rotatable bonds is 0. The molecule has 0 bridgehead atoms. The van der Waals surface area contributed by atoms with Gasteiger partial charge in [0.25, 0.3) is 0 Å². The van der Waals surface area contributed by atoms with Gasteiger partial charge in [-0.3, -0.25) is 0 Å². The summed E-state index contributed by atoms with van der Waals surface area (Å²) in [7, 11) is 0. The monoisotopic (exact) mass is 110 g/mol. The van der Waals surface area contributed by atoms with Gasteiger partial charge in [-0.25, -0.2) is 0 Å². The minimum atomic E-state index is 1.22. The van der Waals surface area contributed by atoms with Gasteiger partial charge in [0.15, 0.2) is 0 Å². The highest BCUT2D eigenvalue weighted by molar-refractivity contribution is 5.18. The standard InChI is InChI=1S/C7H10O/c1-2-4-6-7(8-6)5-3-1/h1-5H2. The predicted molar refractivity (Wildman–Crippen MR) is 31.2 cm³/mol. The average Bonchev–Trinajstić information content (AvgIpc) is 2.36. The van der Waals surface area contributed by atoms with E-state index in [-0.39, 0.29) is 0 Å². The van der Waals surface area contributed by atoms with Crippen molar-refractivity contribution in [3.63, 3.8) is 0 Å². The van der Waals surface area contributed by atoms with Crippen LogP contribution >= 0.6 is 0 Å². The zero-order valence-corrected chi connectivity index (χ0v) is 4.94. The van der Waals surface area contributed by atoms with Crippen LogP contribution < -0.4 is 0 Å². The second kappa shape index (κ2) is 1.51. The summed E-state index contributed by atoms with van der Waals surface area (Å²) in [6.07, 6.45) is 6.53. The molecule has 2 aliphatic rings. The Hall–Kier alpha value is -0.460. The molecule has 0 spiro atoms. The lowest BCUT2D eigenvalue weighted by atomic mass is 10.2. The van der Waals surface area contributed by atoms with Crippen molar-refractivity contribution < 1.29 is 4.74 Å². The molecular weight excluding hydrogens is 100 g/mol.